The van der Waals surface area contributed by atoms with E-state index in [1.165, 1.54) is 0 Å². The van der Waals surface area contributed by atoms with E-state index in [9.17, 15) is 4.79 Å². The fraction of sp³-hybridized carbons (Fsp3) is 0.500. The molecule has 0 aliphatic heterocycles. The summed E-state index contributed by atoms with van der Waals surface area (Å²) in [6.45, 7) is 4.32. The van der Waals surface area contributed by atoms with Crippen LogP contribution in [0.2, 0.25) is 0 Å². The first-order valence-corrected chi connectivity index (χ1v) is 5.59. The van der Waals surface area contributed by atoms with Gasteiger partial charge in [-0.1, -0.05) is 6.92 Å². The molecule has 16 heavy (non-hydrogen) atoms. The summed E-state index contributed by atoms with van der Waals surface area (Å²) in [6.07, 6.45) is 4.21. The third kappa shape index (κ3) is 3.31. The number of pyridine rings is 1. The largest absolute Gasteiger partial charge is 0.349 e. The zero-order chi connectivity index (χ0) is 12.0. The van der Waals surface area contributed by atoms with Crippen LogP contribution in [0.4, 0.5) is 0 Å². The Labute approximate surface area is 96.3 Å². The molecule has 0 spiro atoms. The van der Waals surface area contributed by atoms with Crippen molar-refractivity contribution in [2.45, 2.75) is 26.3 Å². The molecule has 4 nitrogen and oxygen atoms in total. The molecule has 0 aliphatic rings. The van der Waals surface area contributed by atoms with Crippen molar-refractivity contribution in [3.8, 4) is 0 Å². The van der Waals surface area contributed by atoms with Crippen LogP contribution in [0.1, 0.15) is 31.9 Å². The number of nitrogens with one attached hydrogen (secondary N) is 1. The predicted octanol–water partition coefficient (Wildman–Crippen LogP) is 1.24. The summed E-state index contributed by atoms with van der Waals surface area (Å²) >= 11 is 0. The summed E-state index contributed by atoms with van der Waals surface area (Å²) < 4.78 is 0. The Morgan fingerprint density at radius 3 is 2.62 bits per heavy atom. The monoisotopic (exact) mass is 221 g/mol. The number of nitrogens with two attached hydrogens (primary N) is 1. The van der Waals surface area contributed by atoms with E-state index in [1.807, 2.05) is 26.0 Å². The molecule has 0 aliphatic carbocycles. The number of amides is 1. The Balaban J connectivity index is 2.58. The summed E-state index contributed by atoms with van der Waals surface area (Å²) in [6, 6.07) is 3.79. The minimum Gasteiger partial charge on any atom is -0.349 e. The van der Waals surface area contributed by atoms with Crippen LogP contribution in [0.25, 0.3) is 0 Å². The molecule has 2 atom stereocenters. The summed E-state index contributed by atoms with van der Waals surface area (Å²) in [5, 5.41) is 2.95. The second-order valence-corrected chi connectivity index (χ2v) is 3.85. The smallest absolute Gasteiger partial charge is 0.224 e. The number of aromatic nitrogens is 1. The highest BCUT2D eigenvalue weighted by Gasteiger charge is 2.16. The lowest BCUT2D eigenvalue weighted by Gasteiger charge is -2.18. The van der Waals surface area contributed by atoms with Gasteiger partial charge in [0.25, 0.3) is 0 Å². The maximum absolute atomic E-state index is 11.8. The number of hydrogen-bond acceptors (Lipinski definition) is 3. The van der Waals surface area contributed by atoms with E-state index in [2.05, 4.69) is 10.3 Å². The van der Waals surface area contributed by atoms with E-state index < -0.39 is 0 Å². The van der Waals surface area contributed by atoms with Crippen LogP contribution in [-0.4, -0.2) is 17.4 Å². The van der Waals surface area contributed by atoms with Gasteiger partial charge in [-0.25, -0.2) is 0 Å². The average Bonchev–Trinajstić information content (AvgIpc) is 2.31. The topological polar surface area (TPSA) is 68.0 Å². The number of carbonyl (C=O) groups is 1. The third-order valence-electron chi connectivity index (χ3n) is 2.71. The summed E-state index contributed by atoms with van der Waals surface area (Å²) in [5.74, 6) is -0.0707. The summed E-state index contributed by atoms with van der Waals surface area (Å²) in [5.41, 5.74) is 6.58. The van der Waals surface area contributed by atoms with Crippen LogP contribution in [0.15, 0.2) is 24.5 Å². The maximum Gasteiger partial charge on any atom is 0.224 e. The maximum atomic E-state index is 11.8. The second-order valence-electron chi connectivity index (χ2n) is 3.85. The molecule has 0 fully saturated rings. The van der Waals surface area contributed by atoms with Gasteiger partial charge < -0.3 is 11.1 Å². The van der Waals surface area contributed by atoms with E-state index in [-0.39, 0.29) is 17.9 Å². The minimum absolute atomic E-state index is 0.00361. The lowest BCUT2D eigenvalue weighted by atomic mass is 10.0. The van der Waals surface area contributed by atoms with Crippen molar-refractivity contribution in [3.05, 3.63) is 30.1 Å². The summed E-state index contributed by atoms with van der Waals surface area (Å²) in [7, 11) is 0. The van der Waals surface area contributed by atoms with Gasteiger partial charge in [0.1, 0.15) is 0 Å². The van der Waals surface area contributed by atoms with Gasteiger partial charge >= 0.3 is 0 Å². The Morgan fingerprint density at radius 2 is 2.12 bits per heavy atom. The number of hydrogen-bond donors (Lipinski definition) is 2. The van der Waals surface area contributed by atoms with Crippen molar-refractivity contribution in [2.75, 3.05) is 6.54 Å². The van der Waals surface area contributed by atoms with E-state index >= 15 is 0 Å². The Morgan fingerprint density at radius 1 is 1.50 bits per heavy atom. The highest BCUT2D eigenvalue weighted by Crippen LogP contribution is 2.11. The van der Waals surface area contributed by atoms with E-state index in [1.54, 1.807) is 12.4 Å². The summed E-state index contributed by atoms with van der Waals surface area (Å²) in [4.78, 5) is 15.7. The molecule has 1 heterocycles. The molecule has 0 saturated heterocycles. The number of carbonyl (C=O) groups excluding carboxylic acids is 1. The van der Waals surface area contributed by atoms with Crippen LogP contribution in [0, 0.1) is 5.92 Å². The molecule has 0 saturated carbocycles. The SMILES string of the molecule is CCC(CN)C(=O)NC(C)c1ccncc1. The first kappa shape index (κ1) is 12.6. The highest BCUT2D eigenvalue weighted by atomic mass is 16.1. The van der Waals surface area contributed by atoms with Gasteiger partial charge in [-0.2, -0.15) is 0 Å². The van der Waals surface area contributed by atoms with E-state index in [0.717, 1.165) is 12.0 Å². The van der Waals surface area contributed by atoms with Crippen LogP contribution < -0.4 is 11.1 Å². The molecule has 0 aromatic carbocycles. The average molecular weight is 221 g/mol. The fourth-order valence-electron chi connectivity index (χ4n) is 1.53. The minimum atomic E-state index is -0.0933. The van der Waals surface area contributed by atoms with Crippen LogP contribution in [0.3, 0.4) is 0 Å². The van der Waals surface area contributed by atoms with E-state index in [4.69, 9.17) is 5.73 Å². The van der Waals surface area contributed by atoms with Gasteiger partial charge in [0, 0.05) is 24.9 Å². The van der Waals surface area contributed by atoms with Crippen molar-refractivity contribution in [1.29, 1.82) is 0 Å². The van der Waals surface area contributed by atoms with Crippen LogP contribution in [-0.2, 0) is 4.79 Å². The zero-order valence-corrected chi connectivity index (χ0v) is 9.81. The zero-order valence-electron chi connectivity index (χ0n) is 9.81. The molecule has 1 rings (SSSR count). The van der Waals surface area contributed by atoms with Crippen molar-refractivity contribution in [1.82, 2.24) is 10.3 Å². The van der Waals surface area contributed by atoms with Crippen molar-refractivity contribution in [3.63, 3.8) is 0 Å². The van der Waals surface area contributed by atoms with Gasteiger partial charge in [0.2, 0.25) is 5.91 Å². The molecule has 1 aromatic heterocycles. The molecule has 0 radical (unpaired) electrons. The first-order valence-electron chi connectivity index (χ1n) is 5.59. The predicted molar refractivity (Wildman–Crippen MR) is 63.6 cm³/mol. The molecule has 88 valence electrons. The molecule has 1 amide bonds. The molecule has 1 aromatic rings. The number of nitrogens with zero attached hydrogens (tertiary/aromatic N) is 1. The van der Waals surface area contributed by atoms with Gasteiger partial charge in [0.05, 0.1) is 6.04 Å². The standard InChI is InChI=1S/C12H19N3O/c1-3-10(8-13)12(16)15-9(2)11-4-6-14-7-5-11/h4-7,9-10H,3,8,13H2,1-2H3,(H,15,16). The van der Waals surface area contributed by atoms with Gasteiger partial charge in [-0.3, -0.25) is 9.78 Å². The second kappa shape index (κ2) is 6.23. The highest BCUT2D eigenvalue weighted by molar-refractivity contribution is 5.79. The molecular formula is C12H19N3O. The van der Waals surface area contributed by atoms with Crippen molar-refractivity contribution in [2.24, 2.45) is 11.7 Å². The van der Waals surface area contributed by atoms with Gasteiger partial charge in [-0.05, 0) is 31.0 Å². The normalized spacial score (nSPS) is 14.2. The van der Waals surface area contributed by atoms with E-state index in [0.29, 0.717) is 6.54 Å². The number of rotatable bonds is 5. The molecule has 3 N–H and O–H groups in total. The molecule has 0 bridgehead atoms. The van der Waals surface area contributed by atoms with Crippen LogP contribution in [0.5, 0.6) is 0 Å². The lowest BCUT2D eigenvalue weighted by molar-refractivity contribution is -0.125. The first-order chi connectivity index (χ1) is 7.69. The van der Waals surface area contributed by atoms with Gasteiger partial charge in [0.15, 0.2) is 0 Å². The fourth-order valence-corrected chi connectivity index (χ4v) is 1.53. The van der Waals surface area contributed by atoms with Crippen molar-refractivity contribution >= 4 is 5.91 Å². The third-order valence-corrected chi connectivity index (χ3v) is 2.71. The lowest BCUT2D eigenvalue weighted by Crippen LogP contribution is -2.36. The van der Waals surface area contributed by atoms with Gasteiger partial charge in [-0.15, -0.1) is 0 Å². The molecular weight excluding hydrogens is 202 g/mol. The Hall–Kier alpha value is -1.42. The van der Waals surface area contributed by atoms with Crippen molar-refractivity contribution < 1.29 is 4.79 Å². The quantitative estimate of drug-likeness (QED) is 0.786. The van der Waals surface area contributed by atoms with Crippen LogP contribution >= 0.6 is 0 Å². The molecule has 2 unspecified atom stereocenters. The Kier molecular flexibility index (Phi) is 4.92. The Bertz CT molecular complexity index is 322. The molecule has 4 heteroatoms.